The quantitative estimate of drug-likeness (QED) is 0.899. The molecule has 5 heteroatoms. The van der Waals surface area contributed by atoms with Gasteiger partial charge in [-0.2, -0.15) is 0 Å². The summed E-state index contributed by atoms with van der Waals surface area (Å²) < 4.78 is 0. The zero-order valence-electron chi connectivity index (χ0n) is 11.8. The highest BCUT2D eigenvalue weighted by atomic mass is 35.5. The Morgan fingerprint density at radius 2 is 2.14 bits per heavy atom. The number of carbonyl (C=O) groups is 2. The topological polar surface area (TPSA) is 58.2 Å². The van der Waals surface area contributed by atoms with Crippen LogP contribution in [0.1, 0.15) is 37.7 Å². The van der Waals surface area contributed by atoms with Crippen LogP contribution in [0.5, 0.6) is 0 Å². The Balaban J connectivity index is 1.79. The molecule has 1 aliphatic heterocycles. The summed E-state index contributed by atoms with van der Waals surface area (Å²) >= 11 is 6.06. The molecule has 1 aromatic rings. The number of rotatable bonds is 3. The molecule has 1 unspecified atom stereocenters. The number of hydrogen-bond donors (Lipinski definition) is 2. The molecular weight excluding hydrogens is 288 g/mol. The lowest BCUT2D eigenvalue weighted by Gasteiger charge is -2.42. The highest BCUT2D eigenvalue weighted by molar-refractivity contribution is 6.30. The second-order valence-corrected chi connectivity index (χ2v) is 6.34. The molecule has 2 fully saturated rings. The van der Waals surface area contributed by atoms with Gasteiger partial charge < -0.3 is 10.6 Å². The van der Waals surface area contributed by atoms with E-state index in [9.17, 15) is 9.59 Å². The molecule has 2 amide bonds. The van der Waals surface area contributed by atoms with Crippen molar-refractivity contribution < 1.29 is 9.59 Å². The van der Waals surface area contributed by atoms with E-state index < -0.39 is 11.5 Å². The largest absolute Gasteiger partial charge is 0.354 e. The summed E-state index contributed by atoms with van der Waals surface area (Å²) in [6, 6.07) is 7.09. The summed E-state index contributed by atoms with van der Waals surface area (Å²) in [5, 5.41) is 6.38. The number of nitrogens with one attached hydrogen (secondary N) is 2. The highest BCUT2D eigenvalue weighted by Gasteiger charge is 2.46. The lowest BCUT2D eigenvalue weighted by atomic mass is 9.63. The van der Waals surface area contributed by atoms with E-state index in [0.29, 0.717) is 18.0 Å². The monoisotopic (exact) mass is 306 g/mol. The zero-order valence-corrected chi connectivity index (χ0v) is 12.6. The maximum Gasteiger partial charge on any atom is 0.242 e. The van der Waals surface area contributed by atoms with Crippen LogP contribution in [0.15, 0.2) is 24.3 Å². The van der Waals surface area contributed by atoms with Gasteiger partial charge in [0.25, 0.3) is 0 Å². The molecule has 4 nitrogen and oxygen atoms in total. The highest BCUT2D eigenvalue weighted by Crippen LogP contribution is 2.44. The van der Waals surface area contributed by atoms with Crippen molar-refractivity contribution in [2.45, 2.75) is 43.6 Å². The van der Waals surface area contributed by atoms with E-state index in [1.165, 1.54) is 0 Å². The summed E-state index contributed by atoms with van der Waals surface area (Å²) in [4.78, 5) is 24.5. The van der Waals surface area contributed by atoms with Gasteiger partial charge in [0.15, 0.2) is 0 Å². The van der Waals surface area contributed by atoms with Crippen LogP contribution < -0.4 is 10.6 Å². The van der Waals surface area contributed by atoms with E-state index in [0.717, 1.165) is 31.2 Å². The normalized spacial score (nSPS) is 23.9. The Morgan fingerprint density at radius 1 is 1.33 bits per heavy atom. The van der Waals surface area contributed by atoms with Crippen LogP contribution in [0.2, 0.25) is 5.02 Å². The first-order valence-electron chi connectivity index (χ1n) is 7.46. The van der Waals surface area contributed by atoms with E-state index in [-0.39, 0.29) is 11.8 Å². The molecule has 2 aliphatic rings. The Morgan fingerprint density at radius 3 is 2.76 bits per heavy atom. The van der Waals surface area contributed by atoms with Crippen molar-refractivity contribution in [2.24, 2.45) is 0 Å². The number of benzene rings is 1. The third kappa shape index (κ3) is 2.64. The van der Waals surface area contributed by atoms with Crippen molar-refractivity contribution in [1.82, 2.24) is 10.6 Å². The maximum atomic E-state index is 12.7. The first-order chi connectivity index (χ1) is 10.1. The van der Waals surface area contributed by atoms with Crippen LogP contribution in [-0.2, 0) is 15.0 Å². The van der Waals surface area contributed by atoms with Crippen molar-refractivity contribution in [3.63, 3.8) is 0 Å². The van der Waals surface area contributed by atoms with Gasteiger partial charge in [0, 0.05) is 11.6 Å². The summed E-state index contributed by atoms with van der Waals surface area (Å²) in [5.74, 6) is -0.117. The smallest absolute Gasteiger partial charge is 0.242 e. The molecule has 1 heterocycles. The Hall–Kier alpha value is -1.55. The van der Waals surface area contributed by atoms with Gasteiger partial charge in [0.2, 0.25) is 11.8 Å². The van der Waals surface area contributed by atoms with Gasteiger partial charge in [-0.05, 0) is 43.4 Å². The van der Waals surface area contributed by atoms with Gasteiger partial charge in [-0.15, -0.1) is 0 Å². The number of carbonyl (C=O) groups excluding carboxylic acids is 2. The van der Waals surface area contributed by atoms with Crippen LogP contribution in [0.25, 0.3) is 0 Å². The number of hydrogen-bond acceptors (Lipinski definition) is 2. The Bertz CT molecular complexity index is 569. The lowest BCUT2D eigenvalue weighted by molar-refractivity contribution is -0.135. The van der Waals surface area contributed by atoms with Gasteiger partial charge in [0.05, 0.1) is 5.41 Å². The molecule has 1 saturated carbocycles. The van der Waals surface area contributed by atoms with E-state index in [1.807, 2.05) is 24.3 Å². The first-order valence-corrected chi connectivity index (χ1v) is 7.84. The third-order valence-electron chi connectivity index (χ3n) is 4.61. The number of halogens is 1. The third-order valence-corrected chi connectivity index (χ3v) is 4.84. The molecule has 1 saturated heterocycles. The van der Waals surface area contributed by atoms with Gasteiger partial charge >= 0.3 is 0 Å². The maximum absolute atomic E-state index is 12.7. The average molecular weight is 307 g/mol. The van der Waals surface area contributed by atoms with Gasteiger partial charge in [0.1, 0.15) is 6.04 Å². The van der Waals surface area contributed by atoms with Crippen LogP contribution in [0.3, 0.4) is 0 Å². The van der Waals surface area contributed by atoms with E-state index in [4.69, 9.17) is 11.6 Å². The summed E-state index contributed by atoms with van der Waals surface area (Å²) in [6.45, 7) is 0.699. The molecule has 2 N–H and O–H groups in total. The second kappa shape index (κ2) is 5.68. The number of amides is 2. The van der Waals surface area contributed by atoms with E-state index in [2.05, 4.69) is 10.6 Å². The first kappa shape index (κ1) is 14.4. The average Bonchev–Trinajstić information content (AvgIpc) is 2.40. The predicted molar refractivity (Wildman–Crippen MR) is 81.2 cm³/mol. The molecule has 0 aromatic heterocycles. The fraction of sp³-hybridized carbons (Fsp3) is 0.500. The molecule has 21 heavy (non-hydrogen) atoms. The molecule has 0 bridgehead atoms. The minimum absolute atomic E-state index is 0.0435. The molecule has 112 valence electrons. The van der Waals surface area contributed by atoms with Crippen LogP contribution in [-0.4, -0.2) is 24.4 Å². The lowest BCUT2D eigenvalue weighted by Crippen LogP contribution is -2.57. The van der Waals surface area contributed by atoms with Crippen molar-refractivity contribution in [3.8, 4) is 0 Å². The standard InChI is InChI=1S/C16H19ClN2O2/c17-12-5-1-4-11(10-12)16(7-3-8-16)15(21)19-13-6-2-9-18-14(13)20/h1,4-5,10,13H,2-3,6-9H2,(H,18,20)(H,19,21). The molecule has 0 spiro atoms. The Labute approximate surface area is 129 Å². The fourth-order valence-electron chi connectivity index (χ4n) is 3.17. The van der Waals surface area contributed by atoms with Crippen LogP contribution in [0.4, 0.5) is 0 Å². The summed E-state index contributed by atoms with van der Waals surface area (Å²) in [7, 11) is 0. The van der Waals surface area contributed by atoms with Gasteiger partial charge in [-0.3, -0.25) is 9.59 Å². The number of piperidine rings is 1. The van der Waals surface area contributed by atoms with Gasteiger partial charge in [-0.25, -0.2) is 0 Å². The van der Waals surface area contributed by atoms with Crippen molar-refractivity contribution in [3.05, 3.63) is 34.9 Å². The molecular formula is C16H19ClN2O2. The summed E-state index contributed by atoms with van der Waals surface area (Å²) in [5.41, 5.74) is 0.442. The Kier molecular flexibility index (Phi) is 3.89. The van der Waals surface area contributed by atoms with Gasteiger partial charge in [-0.1, -0.05) is 30.2 Å². The van der Waals surface area contributed by atoms with E-state index in [1.54, 1.807) is 0 Å². The minimum Gasteiger partial charge on any atom is -0.354 e. The molecule has 0 radical (unpaired) electrons. The second-order valence-electron chi connectivity index (χ2n) is 5.91. The molecule has 1 atom stereocenters. The zero-order chi connectivity index (χ0) is 14.9. The van der Waals surface area contributed by atoms with Crippen LogP contribution in [0, 0.1) is 0 Å². The van der Waals surface area contributed by atoms with Crippen LogP contribution >= 0.6 is 11.6 Å². The van der Waals surface area contributed by atoms with Crippen molar-refractivity contribution >= 4 is 23.4 Å². The van der Waals surface area contributed by atoms with Crippen molar-refractivity contribution in [2.75, 3.05) is 6.54 Å². The summed E-state index contributed by atoms with van der Waals surface area (Å²) in [6.07, 6.45) is 4.27. The molecule has 1 aliphatic carbocycles. The van der Waals surface area contributed by atoms with E-state index >= 15 is 0 Å². The SMILES string of the molecule is O=C1NCCCC1NC(=O)C1(c2cccc(Cl)c2)CCC1. The molecule has 1 aromatic carbocycles. The minimum atomic E-state index is -0.511. The predicted octanol–water partition coefficient (Wildman–Crippen LogP) is 2.16. The van der Waals surface area contributed by atoms with Crippen molar-refractivity contribution in [1.29, 1.82) is 0 Å². The fourth-order valence-corrected chi connectivity index (χ4v) is 3.36. The molecule has 3 rings (SSSR count).